The lowest BCUT2D eigenvalue weighted by Gasteiger charge is -2.34. The minimum Gasteiger partial charge on any atom is -0.384 e. The van der Waals surface area contributed by atoms with E-state index in [2.05, 4.69) is 6.92 Å². The minimum atomic E-state index is 0.144. The van der Waals surface area contributed by atoms with Crippen molar-refractivity contribution in [1.82, 2.24) is 4.90 Å². The van der Waals surface area contributed by atoms with Crippen molar-refractivity contribution in [2.45, 2.75) is 25.8 Å². The monoisotopic (exact) mass is 200 g/mol. The van der Waals surface area contributed by atoms with E-state index in [0.29, 0.717) is 25.5 Å². The standard InChI is InChI=1S/C10H20N2O2/c1-8-5-9(11)7-12(6-8)10(13)3-4-14-2/h8-9H,3-7,11H2,1-2H3. The molecule has 4 nitrogen and oxygen atoms in total. The average Bonchev–Trinajstić information content (AvgIpc) is 2.12. The van der Waals surface area contributed by atoms with Gasteiger partial charge < -0.3 is 15.4 Å². The van der Waals surface area contributed by atoms with Gasteiger partial charge >= 0.3 is 0 Å². The van der Waals surface area contributed by atoms with Crippen LogP contribution in [0.5, 0.6) is 0 Å². The number of hydrogen-bond donors (Lipinski definition) is 1. The number of methoxy groups -OCH3 is 1. The van der Waals surface area contributed by atoms with E-state index >= 15 is 0 Å². The Labute approximate surface area is 85.4 Å². The molecule has 1 rings (SSSR count). The molecular formula is C10H20N2O2. The van der Waals surface area contributed by atoms with E-state index in [1.165, 1.54) is 0 Å². The average molecular weight is 200 g/mol. The van der Waals surface area contributed by atoms with Gasteiger partial charge in [0.2, 0.25) is 5.91 Å². The Balaban J connectivity index is 2.38. The molecule has 1 saturated heterocycles. The Bertz CT molecular complexity index is 187. The summed E-state index contributed by atoms with van der Waals surface area (Å²) in [6, 6.07) is 0.144. The fraction of sp³-hybridized carbons (Fsp3) is 0.900. The Kier molecular flexibility index (Phi) is 4.35. The number of ether oxygens (including phenoxy) is 1. The van der Waals surface area contributed by atoms with Crippen molar-refractivity contribution in [1.29, 1.82) is 0 Å². The number of carbonyl (C=O) groups is 1. The predicted octanol–water partition coefficient (Wildman–Crippen LogP) is 0.219. The number of carbonyl (C=O) groups excluding carboxylic acids is 1. The second-order valence-corrected chi connectivity index (χ2v) is 4.14. The lowest BCUT2D eigenvalue weighted by atomic mass is 9.96. The van der Waals surface area contributed by atoms with Crippen LogP contribution in [0.15, 0.2) is 0 Å². The molecule has 0 saturated carbocycles. The van der Waals surface area contributed by atoms with Crippen molar-refractivity contribution < 1.29 is 9.53 Å². The van der Waals surface area contributed by atoms with Crippen LogP contribution in [-0.4, -0.2) is 43.7 Å². The summed E-state index contributed by atoms with van der Waals surface area (Å²) in [4.78, 5) is 13.5. The van der Waals surface area contributed by atoms with Crippen molar-refractivity contribution in [2.24, 2.45) is 11.7 Å². The van der Waals surface area contributed by atoms with Gasteiger partial charge in [-0.1, -0.05) is 6.92 Å². The van der Waals surface area contributed by atoms with Gasteiger partial charge in [-0.3, -0.25) is 4.79 Å². The van der Waals surface area contributed by atoms with Crippen molar-refractivity contribution in [3.05, 3.63) is 0 Å². The smallest absolute Gasteiger partial charge is 0.224 e. The number of piperidine rings is 1. The summed E-state index contributed by atoms with van der Waals surface area (Å²) in [7, 11) is 1.61. The van der Waals surface area contributed by atoms with Gasteiger partial charge in [-0.25, -0.2) is 0 Å². The summed E-state index contributed by atoms with van der Waals surface area (Å²) in [6.45, 7) is 4.18. The molecule has 1 heterocycles. The van der Waals surface area contributed by atoms with Crippen LogP contribution >= 0.6 is 0 Å². The van der Waals surface area contributed by atoms with Crippen LogP contribution in [0.2, 0.25) is 0 Å². The van der Waals surface area contributed by atoms with Crippen molar-refractivity contribution in [2.75, 3.05) is 26.8 Å². The third kappa shape index (κ3) is 3.27. The van der Waals surface area contributed by atoms with Gasteiger partial charge in [0.25, 0.3) is 0 Å². The third-order valence-electron chi connectivity index (χ3n) is 2.56. The van der Waals surface area contributed by atoms with E-state index in [1.54, 1.807) is 7.11 Å². The maximum Gasteiger partial charge on any atom is 0.224 e. The summed E-state index contributed by atoms with van der Waals surface area (Å²) < 4.78 is 4.88. The number of amides is 1. The molecule has 0 aromatic rings. The normalized spacial score (nSPS) is 27.8. The molecule has 14 heavy (non-hydrogen) atoms. The first-order chi connectivity index (χ1) is 6.63. The van der Waals surface area contributed by atoms with Gasteiger partial charge in [-0.15, -0.1) is 0 Å². The highest BCUT2D eigenvalue weighted by molar-refractivity contribution is 5.76. The molecule has 0 radical (unpaired) electrons. The molecule has 0 aliphatic carbocycles. The van der Waals surface area contributed by atoms with Gasteiger partial charge in [-0.05, 0) is 12.3 Å². The third-order valence-corrected chi connectivity index (χ3v) is 2.56. The van der Waals surface area contributed by atoms with Gasteiger partial charge in [0.1, 0.15) is 0 Å². The summed E-state index contributed by atoms with van der Waals surface area (Å²) in [6.07, 6.45) is 1.49. The SMILES string of the molecule is COCCC(=O)N1CC(C)CC(N)C1. The number of nitrogens with zero attached hydrogens (tertiary/aromatic N) is 1. The highest BCUT2D eigenvalue weighted by Gasteiger charge is 2.25. The maximum absolute atomic E-state index is 11.6. The van der Waals surface area contributed by atoms with Crippen LogP contribution in [0.1, 0.15) is 19.8 Å². The maximum atomic E-state index is 11.6. The second kappa shape index (κ2) is 5.32. The molecule has 0 spiro atoms. The van der Waals surface area contributed by atoms with Crippen LogP contribution in [0, 0.1) is 5.92 Å². The van der Waals surface area contributed by atoms with Gasteiger partial charge in [0, 0.05) is 26.2 Å². The van der Waals surface area contributed by atoms with Crippen molar-refractivity contribution >= 4 is 5.91 Å². The summed E-state index contributed by atoms with van der Waals surface area (Å²) >= 11 is 0. The van der Waals surface area contributed by atoms with Crippen molar-refractivity contribution in [3.8, 4) is 0 Å². The molecule has 82 valence electrons. The molecule has 1 fully saturated rings. The topological polar surface area (TPSA) is 55.6 Å². The first kappa shape index (κ1) is 11.5. The Hall–Kier alpha value is -0.610. The van der Waals surface area contributed by atoms with E-state index in [1.807, 2.05) is 4.90 Å². The quantitative estimate of drug-likeness (QED) is 0.709. The number of nitrogens with two attached hydrogens (primary N) is 1. The van der Waals surface area contributed by atoms with Crippen LogP contribution in [0.4, 0.5) is 0 Å². The van der Waals surface area contributed by atoms with Gasteiger partial charge in [0.05, 0.1) is 13.0 Å². The zero-order chi connectivity index (χ0) is 10.6. The van der Waals surface area contributed by atoms with Crippen LogP contribution in [-0.2, 0) is 9.53 Å². The van der Waals surface area contributed by atoms with E-state index in [9.17, 15) is 4.79 Å². The van der Waals surface area contributed by atoms with E-state index in [0.717, 1.165) is 13.0 Å². The van der Waals surface area contributed by atoms with E-state index in [-0.39, 0.29) is 11.9 Å². The second-order valence-electron chi connectivity index (χ2n) is 4.14. The zero-order valence-corrected chi connectivity index (χ0v) is 9.03. The number of hydrogen-bond acceptors (Lipinski definition) is 3. The summed E-state index contributed by atoms with van der Waals surface area (Å²) in [5.74, 6) is 0.680. The van der Waals surface area contributed by atoms with Crippen LogP contribution in [0.3, 0.4) is 0 Å². The number of rotatable bonds is 3. The Morgan fingerprint density at radius 1 is 1.57 bits per heavy atom. The molecule has 2 atom stereocenters. The zero-order valence-electron chi connectivity index (χ0n) is 9.03. The molecule has 4 heteroatoms. The molecule has 0 bridgehead atoms. The molecule has 2 N–H and O–H groups in total. The molecule has 1 aliphatic heterocycles. The highest BCUT2D eigenvalue weighted by Crippen LogP contribution is 2.15. The Morgan fingerprint density at radius 3 is 2.86 bits per heavy atom. The fourth-order valence-electron chi connectivity index (χ4n) is 1.95. The Morgan fingerprint density at radius 2 is 2.29 bits per heavy atom. The van der Waals surface area contributed by atoms with Crippen LogP contribution in [0.25, 0.3) is 0 Å². The van der Waals surface area contributed by atoms with E-state index in [4.69, 9.17) is 10.5 Å². The lowest BCUT2D eigenvalue weighted by Crippen LogP contribution is -2.49. The highest BCUT2D eigenvalue weighted by atomic mass is 16.5. The fourth-order valence-corrected chi connectivity index (χ4v) is 1.95. The first-order valence-electron chi connectivity index (χ1n) is 5.15. The molecule has 1 amide bonds. The van der Waals surface area contributed by atoms with Gasteiger partial charge in [-0.2, -0.15) is 0 Å². The summed E-state index contributed by atoms with van der Waals surface area (Å²) in [5.41, 5.74) is 5.86. The molecular weight excluding hydrogens is 180 g/mol. The van der Waals surface area contributed by atoms with Crippen molar-refractivity contribution in [3.63, 3.8) is 0 Å². The van der Waals surface area contributed by atoms with Gasteiger partial charge in [0.15, 0.2) is 0 Å². The lowest BCUT2D eigenvalue weighted by molar-refractivity contribution is -0.134. The van der Waals surface area contributed by atoms with Crippen LogP contribution < -0.4 is 5.73 Å². The first-order valence-corrected chi connectivity index (χ1v) is 5.15. The molecule has 0 aromatic heterocycles. The van der Waals surface area contributed by atoms with E-state index < -0.39 is 0 Å². The largest absolute Gasteiger partial charge is 0.384 e. The molecule has 2 unspecified atom stereocenters. The summed E-state index contributed by atoms with van der Waals surface area (Å²) in [5, 5.41) is 0. The minimum absolute atomic E-state index is 0.144. The predicted molar refractivity (Wildman–Crippen MR) is 54.8 cm³/mol. The number of likely N-dealkylation sites (tertiary alicyclic amines) is 1. The molecule has 1 aliphatic rings. The molecule has 0 aromatic carbocycles.